The van der Waals surface area contributed by atoms with Crippen molar-refractivity contribution >= 4 is 34.4 Å². The predicted molar refractivity (Wildman–Crippen MR) is 144 cm³/mol. The zero-order valence-corrected chi connectivity index (χ0v) is 21.3. The van der Waals surface area contributed by atoms with Crippen molar-refractivity contribution in [3.05, 3.63) is 76.5 Å². The van der Waals surface area contributed by atoms with E-state index in [-0.39, 0.29) is 18.6 Å². The first-order chi connectivity index (χ1) is 17.5. The highest BCUT2D eigenvalue weighted by molar-refractivity contribution is 6.07. The van der Waals surface area contributed by atoms with Crippen LogP contribution in [0, 0.1) is 6.92 Å². The number of carbonyl (C=O) groups excluding carboxylic acids is 2. The number of para-hydroxylation sites is 1. The van der Waals surface area contributed by atoms with Gasteiger partial charge in [0.05, 0.1) is 16.8 Å². The van der Waals surface area contributed by atoms with Crippen LogP contribution in [0.5, 0.6) is 0 Å². The molecule has 1 aliphatic carbocycles. The third-order valence-corrected chi connectivity index (χ3v) is 7.54. The monoisotopic (exact) mass is 482 g/mol. The van der Waals surface area contributed by atoms with Gasteiger partial charge >= 0.3 is 5.97 Å². The molecule has 1 saturated heterocycles. The fourth-order valence-corrected chi connectivity index (χ4v) is 5.61. The summed E-state index contributed by atoms with van der Waals surface area (Å²) in [6, 6.07) is 16.4. The van der Waals surface area contributed by atoms with Crippen LogP contribution in [-0.2, 0) is 16.0 Å². The molecule has 0 N–H and O–H groups in total. The normalized spacial score (nSPS) is 18.8. The summed E-state index contributed by atoms with van der Waals surface area (Å²) < 4.78 is 5.70. The topological polar surface area (TPSA) is 59.5 Å². The number of carbonyl (C=O) groups is 2. The van der Waals surface area contributed by atoms with Crippen LogP contribution in [0.3, 0.4) is 0 Å². The molecule has 1 atom stereocenters. The van der Waals surface area contributed by atoms with E-state index < -0.39 is 5.97 Å². The number of allylic oxidation sites excluding steroid dienone is 1. The van der Waals surface area contributed by atoms with Crippen molar-refractivity contribution < 1.29 is 14.3 Å². The molecule has 2 aromatic carbocycles. The zero-order chi connectivity index (χ0) is 25.1. The summed E-state index contributed by atoms with van der Waals surface area (Å²) in [6.07, 6.45) is 8.90. The first kappa shape index (κ1) is 24.2. The number of fused-ring (bicyclic) bond motifs is 2. The number of ether oxygens (including phenoxy) is 1. The second-order valence-corrected chi connectivity index (χ2v) is 9.99. The fraction of sp³-hybridized carbons (Fsp3) is 0.387. The molecule has 0 saturated carbocycles. The Morgan fingerprint density at radius 1 is 1.06 bits per heavy atom. The standard InChI is InChI=1S/C31H34N2O3/c1-3-24-10-6-7-18-33(24)28(34)20-36-31(35)29-25-11-4-5-13-27(25)32-30-23(9-8-12-26(29)30)19-22-16-14-21(2)15-17-22/h4-5,11,13-17,19,24H,3,6-10,12,18,20H2,1-2H3/b23-19-. The number of hydrogen-bond acceptors (Lipinski definition) is 4. The summed E-state index contributed by atoms with van der Waals surface area (Å²) in [5, 5.41) is 0.787. The number of likely N-dealkylation sites (tertiary alicyclic amines) is 1. The number of pyridine rings is 1. The van der Waals surface area contributed by atoms with Crippen LogP contribution >= 0.6 is 0 Å². The Bertz CT molecular complexity index is 1310. The number of rotatable bonds is 5. The average molecular weight is 483 g/mol. The minimum atomic E-state index is -0.431. The maximum Gasteiger partial charge on any atom is 0.339 e. The lowest BCUT2D eigenvalue weighted by Crippen LogP contribution is -2.45. The summed E-state index contributed by atoms with van der Waals surface area (Å²) in [5.41, 5.74) is 6.62. The number of nitrogens with zero attached hydrogens (tertiary/aromatic N) is 2. The molecule has 3 aromatic rings. The van der Waals surface area contributed by atoms with E-state index >= 15 is 0 Å². The summed E-state index contributed by atoms with van der Waals surface area (Å²) in [5.74, 6) is -0.526. The lowest BCUT2D eigenvalue weighted by atomic mass is 9.86. The maximum atomic E-state index is 13.5. The minimum Gasteiger partial charge on any atom is -0.452 e. The molecule has 2 heterocycles. The molecule has 186 valence electrons. The van der Waals surface area contributed by atoms with Crippen LogP contribution in [0.15, 0.2) is 48.5 Å². The molecular formula is C31H34N2O3. The van der Waals surface area contributed by atoms with Gasteiger partial charge in [-0.25, -0.2) is 9.78 Å². The molecular weight excluding hydrogens is 448 g/mol. The highest BCUT2D eigenvalue weighted by Gasteiger charge is 2.29. The number of esters is 1. The molecule has 5 heteroatoms. The van der Waals surface area contributed by atoms with Gasteiger partial charge in [0.15, 0.2) is 6.61 Å². The number of hydrogen-bond donors (Lipinski definition) is 0. The highest BCUT2D eigenvalue weighted by Crippen LogP contribution is 2.36. The largest absolute Gasteiger partial charge is 0.452 e. The molecule has 1 aliphatic heterocycles. The Kier molecular flexibility index (Phi) is 7.17. The first-order valence-electron chi connectivity index (χ1n) is 13.2. The van der Waals surface area contributed by atoms with Gasteiger partial charge in [0.2, 0.25) is 0 Å². The third kappa shape index (κ3) is 4.92. The smallest absolute Gasteiger partial charge is 0.339 e. The van der Waals surface area contributed by atoms with Gasteiger partial charge in [-0.1, -0.05) is 55.0 Å². The van der Waals surface area contributed by atoms with Crippen molar-refractivity contribution in [1.29, 1.82) is 0 Å². The highest BCUT2D eigenvalue weighted by atomic mass is 16.5. The number of amides is 1. The number of aromatic nitrogens is 1. The van der Waals surface area contributed by atoms with Crippen LogP contribution in [0.2, 0.25) is 0 Å². The molecule has 5 nitrogen and oxygen atoms in total. The molecule has 1 aromatic heterocycles. The number of piperidine rings is 1. The Balaban J connectivity index is 1.47. The Hall–Kier alpha value is -3.47. The summed E-state index contributed by atoms with van der Waals surface area (Å²) in [7, 11) is 0. The SMILES string of the molecule is CCC1CCCCN1C(=O)COC(=O)c1c2c(nc3ccccc13)/C(=C\c1ccc(C)cc1)CCC2. The molecule has 0 bridgehead atoms. The lowest BCUT2D eigenvalue weighted by Gasteiger charge is -2.35. The summed E-state index contributed by atoms with van der Waals surface area (Å²) in [4.78, 5) is 33.4. The van der Waals surface area contributed by atoms with E-state index in [1.807, 2.05) is 29.2 Å². The molecule has 5 rings (SSSR count). The van der Waals surface area contributed by atoms with E-state index in [0.29, 0.717) is 5.56 Å². The fourth-order valence-electron chi connectivity index (χ4n) is 5.61. The second-order valence-electron chi connectivity index (χ2n) is 9.99. The quantitative estimate of drug-likeness (QED) is 0.397. The average Bonchev–Trinajstić information content (AvgIpc) is 2.91. The van der Waals surface area contributed by atoms with Crippen molar-refractivity contribution in [3.8, 4) is 0 Å². The molecule has 1 amide bonds. The second kappa shape index (κ2) is 10.7. The van der Waals surface area contributed by atoms with Gasteiger partial charge in [0, 0.05) is 18.0 Å². The van der Waals surface area contributed by atoms with Crippen molar-refractivity contribution in [3.63, 3.8) is 0 Å². The van der Waals surface area contributed by atoms with Gasteiger partial charge in [-0.3, -0.25) is 4.79 Å². The van der Waals surface area contributed by atoms with Crippen LogP contribution in [0.4, 0.5) is 0 Å². The number of benzene rings is 2. The molecule has 1 unspecified atom stereocenters. The maximum absolute atomic E-state index is 13.5. The Morgan fingerprint density at radius 3 is 2.67 bits per heavy atom. The van der Waals surface area contributed by atoms with E-state index in [4.69, 9.17) is 9.72 Å². The molecule has 0 spiro atoms. The Labute approximate surface area is 213 Å². The van der Waals surface area contributed by atoms with Crippen molar-refractivity contribution in [2.45, 2.75) is 64.8 Å². The van der Waals surface area contributed by atoms with E-state index in [1.54, 1.807) is 0 Å². The Morgan fingerprint density at radius 2 is 1.86 bits per heavy atom. The van der Waals surface area contributed by atoms with E-state index in [9.17, 15) is 9.59 Å². The molecule has 2 aliphatic rings. The van der Waals surface area contributed by atoms with Crippen LogP contribution < -0.4 is 0 Å². The van der Waals surface area contributed by atoms with Crippen LogP contribution in [0.25, 0.3) is 22.6 Å². The summed E-state index contributed by atoms with van der Waals surface area (Å²) in [6.45, 7) is 4.72. The third-order valence-electron chi connectivity index (χ3n) is 7.54. The predicted octanol–water partition coefficient (Wildman–Crippen LogP) is 6.37. The van der Waals surface area contributed by atoms with E-state index in [1.165, 1.54) is 5.56 Å². The van der Waals surface area contributed by atoms with Crippen LogP contribution in [0.1, 0.15) is 78.2 Å². The number of aryl methyl sites for hydroxylation is 1. The van der Waals surface area contributed by atoms with Crippen LogP contribution in [-0.4, -0.2) is 41.0 Å². The molecule has 0 radical (unpaired) electrons. The van der Waals surface area contributed by atoms with Crippen molar-refractivity contribution in [1.82, 2.24) is 9.88 Å². The van der Waals surface area contributed by atoms with Gasteiger partial charge in [-0.05, 0) is 80.7 Å². The van der Waals surface area contributed by atoms with Gasteiger partial charge in [0.25, 0.3) is 5.91 Å². The van der Waals surface area contributed by atoms with Gasteiger partial charge in [-0.15, -0.1) is 0 Å². The zero-order valence-electron chi connectivity index (χ0n) is 21.3. The van der Waals surface area contributed by atoms with Gasteiger partial charge < -0.3 is 9.64 Å². The van der Waals surface area contributed by atoms with E-state index in [2.05, 4.69) is 44.2 Å². The lowest BCUT2D eigenvalue weighted by molar-refractivity contribution is -0.138. The van der Waals surface area contributed by atoms with E-state index in [0.717, 1.165) is 84.8 Å². The van der Waals surface area contributed by atoms with Gasteiger partial charge in [-0.2, -0.15) is 0 Å². The van der Waals surface area contributed by atoms with Gasteiger partial charge in [0.1, 0.15) is 0 Å². The van der Waals surface area contributed by atoms with Crippen molar-refractivity contribution in [2.24, 2.45) is 0 Å². The first-order valence-corrected chi connectivity index (χ1v) is 13.2. The summed E-state index contributed by atoms with van der Waals surface area (Å²) >= 11 is 0. The molecule has 1 fully saturated rings. The molecule has 36 heavy (non-hydrogen) atoms. The van der Waals surface area contributed by atoms with Crippen molar-refractivity contribution in [2.75, 3.05) is 13.2 Å². The minimum absolute atomic E-state index is 0.0953.